The molecular formula is C15H20N2OS. The minimum absolute atomic E-state index is 0.0246. The molecule has 3 rings (SSSR count). The van der Waals surface area contributed by atoms with Gasteiger partial charge in [0, 0.05) is 12.6 Å². The minimum Gasteiger partial charge on any atom is -0.375 e. The molecule has 1 N–H and O–H groups in total. The summed E-state index contributed by atoms with van der Waals surface area (Å²) in [5.41, 5.74) is 2.35. The Labute approximate surface area is 118 Å². The van der Waals surface area contributed by atoms with E-state index >= 15 is 0 Å². The third kappa shape index (κ3) is 2.90. The van der Waals surface area contributed by atoms with Gasteiger partial charge < -0.3 is 10.1 Å². The smallest absolute Gasteiger partial charge is 0.184 e. The number of hydrogen-bond acceptors (Lipinski definition) is 4. The van der Waals surface area contributed by atoms with Crippen molar-refractivity contribution in [2.24, 2.45) is 0 Å². The molecule has 3 nitrogen and oxygen atoms in total. The topological polar surface area (TPSA) is 34.2 Å². The van der Waals surface area contributed by atoms with Gasteiger partial charge in [0.15, 0.2) is 5.13 Å². The zero-order valence-corrected chi connectivity index (χ0v) is 12.5. The summed E-state index contributed by atoms with van der Waals surface area (Å²) >= 11 is 1.74. The maximum absolute atomic E-state index is 5.75. The molecule has 2 heterocycles. The van der Waals surface area contributed by atoms with E-state index in [1.807, 2.05) is 0 Å². The molecule has 0 bridgehead atoms. The highest BCUT2D eigenvalue weighted by atomic mass is 32.1. The summed E-state index contributed by atoms with van der Waals surface area (Å²) in [6.45, 7) is 7.26. The predicted octanol–water partition coefficient (Wildman–Crippen LogP) is 3.97. The molecule has 0 radical (unpaired) electrons. The van der Waals surface area contributed by atoms with E-state index in [1.165, 1.54) is 10.3 Å². The molecule has 1 unspecified atom stereocenters. The largest absolute Gasteiger partial charge is 0.375 e. The molecule has 1 aliphatic heterocycles. The number of hydrogen-bond donors (Lipinski definition) is 1. The van der Waals surface area contributed by atoms with Gasteiger partial charge >= 0.3 is 0 Å². The van der Waals surface area contributed by atoms with Crippen molar-refractivity contribution in [1.82, 2.24) is 4.98 Å². The zero-order chi connectivity index (χ0) is 13.5. The monoisotopic (exact) mass is 276 g/mol. The Bertz CT molecular complexity index is 591. The molecule has 1 aliphatic rings. The Balaban J connectivity index is 1.77. The van der Waals surface area contributed by atoms with Gasteiger partial charge in [0.05, 0.1) is 15.8 Å². The highest BCUT2D eigenvalue weighted by molar-refractivity contribution is 7.22. The molecule has 1 atom stereocenters. The quantitative estimate of drug-likeness (QED) is 0.901. The maximum atomic E-state index is 5.75. The maximum Gasteiger partial charge on any atom is 0.184 e. The average Bonchev–Trinajstić information content (AvgIpc) is 2.68. The summed E-state index contributed by atoms with van der Waals surface area (Å²) in [6.07, 6.45) is 2.08. The third-order valence-corrected chi connectivity index (χ3v) is 4.52. The van der Waals surface area contributed by atoms with Crippen molar-refractivity contribution >= 4 is 26.7 Å². The third-order valence-electron chi connectivity index (χ3n) is 3.57. The van der Waals surface area contributed by atoms with Gasteiger partial charge in [0.1, 0.15) is 0 Å². The number of rotatable bonds is 2. The summed E-state index contributed by atoms with van der Waals surface area (Å²) in [5, 5.41) is 4.60. The standard InChI is InChI=1S/C15H20N2OS/c1-10-4-5-12-13(8-10)19-14(17-12)16-11-6-7-18-15(2,3)9-11/h4-5,8,11H,6-7,9H2,1-3H3,(H,16,17). The van der Waals surface area contributed by atoms with E-state index in [-0.39, 0.29) is 5.60 Å². The van der Waals surface area contributed by atoms with Crippen LogP contribution in [0.15, 0.2) is 18.2 Å². The van der Waals surface area contributed by atoms with Gasteiger partial charge in [-0.1, -0.05) is 17.4 Å². The molecule has 0 aliphatic carbocycles. The number of benzene rings is 1. The molecule has 1 saturated heterocycles. The second-order valence-corrected chi connectivity index (χ2v) is 6.96. The minimum atomic E-state index is -0.0246. The zero-order valence-electron chi connectivity index (χ0n) is 11.7. The molecule has 1 aromatic carbocycles. The highest BCUT2D eigenvalue weighted by Gasteiger charge is 2.29. The van der Waals surface area contributed by atoms with Crippen molar-refractivity contribution < 1.29 is 4.74 Å². The van der Waals surface area contributed by atoms with Crippen molar-refractivity contribution in [1.29, 1.82) is 0 Å². The summed E-state index contributed by atoms with van der Waals surface area (Å²) in [7, 11) is 0. The Kier molecular flexibility index (Phi) is 3.23. The van der Waals surface area contributed by atoms with Gasteiger partial charge in [-0.15, -0.1) is 0 Å². The van der Waals surface area contributed by atoms with E-state index in [0.29, 0.717) is 6.04 Å². The lowest BCUT2D eigenvalue weighted by Gasteiger charge is -2.35. The molecule has 0 amide bonds. The van der Waals surface area contributed by atoms with Gasteiger partial charge in [-0.25, -0.2) is 4.98 Å². The summed E-state index contributed by atoms with van der Waals surface area (Å²) in [5.74, 6) is 0. The lowest BCUT2D eigenvalue weighted by atomic mass is 9.94. The fourth-order valence-corrected chi connectivity index (χ4v) is 3.66. The van der Waals surface area contributed by atoms with Gasteiger partial charge in [0.2, 0.25) is 0 Å². The summed E-state index contributed by atoms with van der Waals surface area (Å²) in [6, 6.07) is 6.88. The first-order valence-electron chi connectivity index (χ1n) is 6.80. The van der Waals surface area contributed by atoms with Crippen molar-refractivity contribution in [2.75, 3.05) is 11.9 Å². The average molecular weight is 276 g/mol. The molecule has 102 valence electrons. The Morgan fingerprint density at radius 1 is 1.42 bits per heavy atom. The number of ether oxygens (including phenoxy) is 1. The van der Waals surface area contributed by atoms with Gasteiger partial charge in [-0.2, -0.15) is 0 Å². The van der Waals surface area contributed by atoms with E-state index in [4.69, 9.17) is 4.74 Å². The summed E-state index contributed by atoms with van der Waals surface area (Å²) in [4.78, 5) is 4.66. The van der Waals surface area contributed by atoms with Crippen LogP contribution in [0.1, 0.15) is 32.3 Å². The van der Waals surface area contributed by atoms with E-state index in [0.717, 1.165) is 30.1 Å². The van der Waals surface area contributed by atoms with Crippen molar-refractivity contribution in [3.63, 3.8) is 0 Å². The Morgan fingerprint density at radius 2 is 2.26 bits per heavy atom. The Morgan fingerprint density at radius 3 is 3.05 bits per heavy atom. The van der Waals surface area contributed by atoms with Crippen LogP contribution in [-0.4, -0.2) is 23.2 Å². The normalized spacial score (nSPS) is 22.6. The first kappa shape index (κ1) is 12.9. The second kappa shape index (κ2) is 4.76. The molecular weight excluding hydrogens is 256 g/mol. The van der Waals surface area contributed by atoms with Crippen LogP contribution < -0.4 is 5.32 Å². The molecule has 19 heavy (non-hydrogen) atoms. The fourth-order valence-electron chi connectivity index (χ4n) is 2.62. The van der Waals surface area contributed by atoms with Crippen LogP contribution in [-0.2, 0) is 4.74 Å². The number of aromatic nitrogens is 1. The lowest BCUT2D eigenvalue weighted by Crippen LogP contribution is -2.40. The SMILES string of the molecule is Cc1ccc2nc(NC3CCOC(C)(C)C3)sc2c1. The molecule has 4 heteroatoms. The van der Waals surface area contributed by atoms with Gasteiger partial charge in [-0.05, 0) is 51.3 Å². The van der Waals surface area contributed by atoms with E-state index in [2.05, 4.69) is 49.3 Å². The number of nitrogens with zero attached hydrogens (tertiary/aromatic N) is 1. The second-order valence-electron chi connectivity index (χ2n) is 5.93. The number of anilines is 1. The number of aryl methyl sites for hydroxylation is 1. The van der Waals surface area contributed by atoms with Crippen molar-refractivity contribution in [3.05, 3.63) is 23.8 Å². The molecule has 1 fully saturated rings. The molecule has 1 aromatic heterocycles. The number of thiazole rings is 1. The number of fused-ring (bicyclic) bond motifs is 1. The molecule has 0 spiro atoms. The van der Waals surface area contributed by atoms with Gasteiger partial charge in [-0.3, -0.25) is 0 Å². The van der Waals surface area contributed by atoms with Crippen molar-refractivity contribution in [3.8, 4) is 0 Å². The van der Waals surface area contributed by atoms with Crippen LogP contribution in [0.25, 0.3) is 10.2 Å². The van der Waals surface area contributed by atoms with Crippen LogP contribution in [0.2, 0.25) is 0 Å². The van der Waals surface area contributed by atoms with Crippen LogP contribution in [0.3, 0.4) is 0 Å². The van der Waals surface area contributed by atoms with Crippen LogP contribution >= 0.6 is 11.3 Å². The van der Waals surface area contributed by atoms with Crippen LogP contribution in [0.5, 0.6) is 0 Å². The van der Waals surface area contributed by atoms with Crippen LogP contribution in [0.4, 0.5) is 5.13 Å². The number of nitrogens with one attached hydrogen (secondary N) is 1. The van der Waals surface area contributed by atoms with E-state index in [9.17, 15) is 0 Å². The van der Waals surface area contributed by atoms with E-state index in [1.54, 1.807) is 11.3 Å². The lowest BCUT2D eigenvalue weighted by molar-refractivity contribution is -0.0553. The first-order valence-corrected chi connectivity index (χ1v) is 7.61. The van der Waals surface area contributed by atoms with Crippen LogP contribution in [0, 0.1) is 6.92 Å². The molecule has 0 saturated carbocycles. The molecule has 2 aromatic rings. The summed E-state index contributed by atoms with van der Waals surface area (Å²) < 4.78 is 7.01. The highest BCUT2D eigenvalue weighted by Crippen LogP contribution is 2.30. The Hall–Kier alpha value is -1.13. The first-order chi connectivity index (χ1) is 9.02. The van der Waals surface area contributed by atoms with E-state index < -0.39 is 0 Å². The predicted molar refractivity (Wildman–Crippen MR) is 81.0 cm³/mol. The van der Waals surface area contributed by atoms with Gasteiger partial charge in [0.25, 0.3) is 0 Å². The van der Waals surface area contributed by atoms with Crippen molar-refractivity contribution in [2.45, 2.75) is 45.3 Å². The fraction of sp³-hybridized carbons (Fsp3) is 0.533.